The summed E-state index contributed by atoms with van der Waals surface area (Å²) in [7, 11) is 1.75. The highest BCUT2D eigenvalue weighted by molar-refractivity contribution is 5.85. The van der Waals surface area contributed by atoms with Crippen molar-refractivity contribution in [2.75, 3.05) is 0 Å². The Bertz CT molecular complexity index is 815. The highest BCUT2D eigenvalue weighted by Crippen LogP contribution is 2.19. The number of hydrogen-bond acceptors (Lipinski definition) is 2. The summed E-state index contributed by atoms with van der Waals surface area (Å²) in [5, 5.41) is 2.40. The molecule has 1 aromatic heterocycles. The first-order chi connectivity index (χ1) is 10.3. The van der Waals surface area contributed by atoms with E-state index >= 15 is 0 Å². The van der Waals surface area contributed by atoms with Crippen LogP contribution in [-0.4, -0.2) is 4.57 Å². The van der Waals surface area contributed by atoms with Gasteiger partial charge in [-0.1, -0.05) is 42.5 Å². The molecule has 0 saturated carbocycles. The van der Waals surface area contributed by atoms with Crippen LogP contribution in [0.15, 0.2) is 65.6 Å². The molecule has 0 aliphatic rings. The lowest BCUT2D eigenvalue weighted by Gasteiger charge is -2.08. The van der Waals surface area contributed by atoms with Crippen molar-refractivity contribution in [1.29, 1.82) is 0 Å². The first-order valence-corrected chi connectivity index (χ1v) is 6.94. The van der Waals surface area contributed by atoms with Gasteiger partial charge < -0.3 is 9.30 Å². The van der Waals surface area contributed by atoms with Gasteiger partial charge in [-0.25, -0.2) is 0 Å². The van der Waals surface area contributed by atoms with Crippen molar-refractivity contribution in [3.8, 4) is 0 Å². The van der Waals surface area contributed by atoms with Crippen molar-refractivity contribution in [2.24, 2.45) is 7.05 Å². The number of fused-ring (bicyclic) bond motifs is 1. The zero-order chi connectivity index (χ0) is 14.7. The average Bonchev–Trinajstić information content (AvgIpc) is 2.52. The molecule has 3 rings (SSSR count). The molecule has 0 amide bonds. The second kappa shape index (κ2) is 5.94. The molecule has 3 aromatic rings. The predicted octanol–water partition coefficient (Wildman–Crippen LogP) is 3.26. The molecule has 106 valence electrons. The van der Waals surface area contributed by atoms with Crippen molar-refractivity contribution in [3.63, 3.8) is 0 Å². The molecule has 2 aromatic carbocycles. The van der Waals surface area contributed by atoms with Gasteiger partial charge in [0.15, 0.2) is 0 Å². The third kappa shape index (κ3) is 2.88. The van der Waals surface area contributed by atoms with E-state index in [1.807, 2.05) is 30.3 Å². The molecule has 0 unspecified atom stereocenters. The van der Waals surface area contributed by atoms with Crippen molar-refractivity contribution < 1.29 is 4.74 Å². The third-order valence-corrected chi connectivity index (χ3v) is 3.60. The first-order valence-electron chi connectivity index (χ1n) is 6.94. The molecule has 0 spiro atoms. The minimum Gasteiger partial charge on any atom is -0.372 e. The first kappa shape index (κ1) is 13.6. The van der Waals surface area contributed by atoms with Gasteiger partial charge in [0.2, 0.25) is 0 Å². The van der Waals surface area contributed by atoms with E-state index in [9.17, 15) is 4.79 Å². The molecule has 0 aliphatic carbocycles. The van der Waals surface area contributed by atoms with Crippen molar-refractivity contribution in [1.82, 2.24) is 4.57 Å². The molecule has 0 fully saturated rings. The Morgan fingerprint density at radius 3 is 2.52 bits per heavy atom. The van der Waals surface area contributed by atoms with Crippen LogP contribution in [-0.2, 0) is 25.0 Å². The fourth-order valence-electron chi connectivity index (χ4n) is 2.45. The normalized spacial score (nSPS) is 10.9. The number of pyridine rings is 1. The minimum atomic E-state index is -0.00424. The van der Waals surface area contributed by atoms with Gasteiger partial charge in [-0.15, -0.1) is 0 Å². The van der Waals surface area contributed by atoms with E-state index in [4.69, 9.17) is 4.74 Å². The van der Waals surface area contributed by atoms with Gasteiger partial charge in [0, 0.05) is 18.8 Å². The summed E-state index contributed by atoms with van der Waals surface area (Å²) in [6.45, 7) is 0.830. The standard InChI is InChI=1S/C18H17NO2/c1-19-11-5-9-16(18(19)20)13-21-12-15-8-4-7-14-6-2-3-10-17(14)15/h2-11H,12-13H2,1H3. The maximum absolute atomic E-state index is 11.9. The highest BCUT2D eigenvalue weighted by atomic mass is 16.5. The van der Waals surface area contributed by atoms with Crippen LogP contribution in [0, 0.1) is 0 Å². The van der Waals surface area contributed by atoms with Crippen molar-refractivity contribution in [2.45, 2.75) is 13.2 Å². The van der Waals surface area contributed by atoms with Crippen LogP contribution in [0.3, 0.4) is 0 Å². The van der Waals surface area contributed by atoms with Gasteiger partial charge in [0.1, 0.15) is 0 Å². The fraction of sp³-hybridized carbons (Fsp3) is 0.167. The van der Waals surface area contributed by atoms with E-state index in [0.29, 0.717) is 18.8 Å². The molecule has 0 bridgehead atoms. The Labute approximate surface area is 123 Å². The largest absolute Gasteiger partial charge is 0.372 e. The summed E-state index contributed by atoms with van der Waals surface area (Å²) in [5.74, 6) is 0. The molecule has 21 heavy (non-hydrogen) atoms. The number of hydrogen-bond donors (Lipinski definition) is 0. The Morgan fingerprint density at radius 2 is 1.62 bits per heavy atom. The summed E-state index contributed by atoms with van der Waals surface area (Å²) in [6.07, 6.45) is 1.75. The number of nitrogens with zero attached hydrogens (tertiary/aromatic N) is 1. The van der Waals surface area contributed by atoms with Gasteiger partial charge in [0.05, 0.1) is 13.2 Å². The van der Waals surface area contributed by atoms with E-state index in [-0.39, 0.29) is 5.56 Å². The molecule has 0 aliphatic heterocycles. The van der Waals surface area contributed by atoms with Gasteiger partial charge in [-0.3, -0.25) is 4.79 Å². The van der Waals surface area contributed by atoms with Crippen LogP contribution in [0.4, 0.5) is 0 Å². The van der Waals surface area contributed by atoms with E-state index in [2.05, 4.69) is 24.3 Å². The lowest BCUT2D eigenvalue weighted by molar-refractivity contribution is 0.107. The van der Waals surface area contributed by atoms with Gasteiger partial charge >= 0.3 is 0 Å². The van der Waals surface area contributed by atoms with Crippen LogP contribution >= 0.6 is 0 Å². The van der Waals surface area contributed by atoms with Crippen molar-refractivity contribution >= 4 is 10.8 Å². The summed E-state index contributed by atoms with van der Waals surface area (Å²) in [6, 6.07) is 18.1. The lowest BCUT2D eigenvalue weighted by Crippen LogP contribution is -2.20. The molecule has 0 saturated heterocycles. The monoisotopic (exact) mass is 279 g/mol. The van der Waals surface area contributed by atoms with Gasteiger partial charge in [-0.05, 0) is 28.5 Å². The summed E-state index contributed by atoms with van der Waals surface area (Å²) in [5.41, 5.74) is 1.82. The number of aromatic nitrogens is 1. The van der Waals surface area contributed by atoms with E-state index in [1.54, 1.807) is 17.8 Å². The average molecular weight is 279 g/mol. The zero-order valence-corrected chi connectivity index (χ0v) is 12.0. The van der Waals surface area contributed by atoms with Gasteiger partial charge in [-0.2, -0.15) is 0 Å². The van der Waals surface area contributed by atoms with Crippen LogP contribution in [0.25, 0.3) is 10.8 Å². The van der Waals surface area contributed by atoms with Crippen LogP contribution in [0.2, 0.25) is 0 Å². The molecule has 0 N–H and O–H groups in total. The predicted molar refractivity (Wildman–Crippen MR) is 84.1 cm³/mol. The van der Waals surface area contributed by atoms with Crippen LogP contribution in [0.5, 0.6) is 0 Å². The molecule has 3 heteroatoms. The lowest BCUT2D eigenvalue weighted by atomic mass is 10.1. The SMILES string of the molecule is Cn1cccc(COCc2cccc3ccccc23)c1=O. The molecular formula is C18H17NO2. The molecular weight excluding hydrogens is 262 g/mol. The number of ether oxygens (including phenoxy) is 1. The maximum Gasteiger partial charge on any atom is 0.255 e. The Kier molecular flexibility index (Phi) is 3.84. The Morgan fingerprint density at radius 1 is 0.905 bits per heavy atom. The van der Waals surface area contributed by atoms with E-state index < -0.39 is 0 Å². The molecule has 3 nitrogen and oxygen atoms in total. The minimum absolute atomic E-state index is 0.00424. The second-order valence-electron chi connectivity index (χ2n) is 5.08. The smallest absolute Gasteiger partial charge is 0.255 e. The van der Waals surface area contributed by atoms with Gasteiger partial charge in [0.25, 0.3) is 5.56 Å². The number of benzene rings is 2. The highest BCUT2D eigenvalue weighted by Gasteiger charge is 2.03. The van der Waals surface area contributed by atoms with E-state index in [0.717, 1.165) is 5.56 Å². The molecule has 0 radical (unpaired) electrons. The van der Waals surface area contributed by atoms with Crippen LogP contribution < -0.4 is 5.56 Å². The fourth-order valence-corrected chi connectivity index (χ4v) is 2.45. The molecule has 1 heterocycles. The zero-order valence-electron chi connectivity index (χ0n) is 12.0. The number of rotatable bonds is 4. The Hall–Kier alpha value is -2.39. The topological polar surface area (TPSA) is 31.2 Å². The second-order valence-corrected chi connectivity index (χ2v) is 5.08. The third-order valence-electron chi connectivity index (χ3n) is 3.60. The summed E-state index contributed by atoms with van der Waals surface area (Å²) < 4.78 is 7.30. The summed E-state index contributed by atoms with van der Waals surface area (Å²) >= 11 is 0. The Balaban J connectivity index is 1.75. The van der Waals surface area contributed by atoms with Crippen molar-refractivity contribution in [3.05, 3.63) is 82.3 Å². The molecule has 0 atom stereocenters. The van der Waals surface area contributed by atoms with Crippen LogP contribution in [0.1, 0.15) is 11.1 Å². The quantitative estimate of drug-likeness (QED) is 0.734. The van der Waals surface area contributed by atoms with E-state index in [1.165, 1.54) is 10.8 Å². The summed E-state index contributed by atoms with van der Waals surface area (Å²) in [4.78, 5) is 11.9. The maximum atomic E-state index is 11.9. The number of aryl methyl sites for hydroxylation is 1.